The molecule has 31 heavy (non-hydrogen) atoms. The van der Waals surface area contributed by atoms with Gasteiger partial charge in [-0.2, -0.15) is 0 Å². The number of aliphatic hydroxyl groups excluding tert-OH is 2. The van der Waals surface area contributed by atoms with Crippen LogP contribution in [0.2, 0.25) is 0 Å². The Kier molecular flexibility index (Phi) is 4.52. The number of aliphatic hydroxyl groups is 2. The number of halogens is 1. The number of hydrogen-bond acceptors (Lipinski definition) is 6. The van der Waals surface area contributed by atoms with E-state index in [1.54, 1.807) is 13.8 Å². The second-order valence-electron chi connectivity index (χ2n) is 11.3. The highest BCUT2D eigenvalue weighted by Crippen LogP contribution is 2.70. The average molecular weight is 437 g/mol. The Bertz CT molecular complexity index is 868. The summed E-state index contributed by atoms with van der Waals surface area (Å²) >= 11 is 0. The third kappa shape index (κ3) is 2.58. The lowest BCUT2D eigenvalue weighted by atomic mass is 9.45. The lowest BCUT2D eigenvalue weighted by molar-refractivity contribution is -0.228. The minimum absolute atomic E-state index is 0.0457. The molecule has 6 nitrogen and oxygen atoms in total. The van der Waals surface area contributed by atoms with Gasteiger partial charge in [0.05, 0.1) is 12.2 Å². The van der Waals surface area contributed by atoms with Crippen molar-refractivity contribution in [3.63, 3.8) is 0 Å². The molecule has 2 N–H and O–H groups in total. The molecule has 0 radical (unpaired) electrons. The first kappa shape index (κ1) is 21.7. The van der Waals surface area contributed by atoms with Crippen LogP contribution in [-0.4, -0.2) is 58.2 Å². The Hall–Kier alpha value is -1.15. The molecule has 1 unspecified atom stereocenters. The van der Waals surface area contributed by atoms with Gasteiger partial charge in [0.1, 0.15) is 12.8 Å². The summed E-state index contributed by atoms with van der Waals surface area (Å²) in [6.07, 6.45) is 0.872. The molecule has 1 saturated heterocycles. The highest BCUT2D eigenvalue weighted by molar-refractivity contribution is 5.92. The van der Waals surface area contributed by atoms with Crippen molar-refractivity contribution in [2.24, 2.45) is 28.6 Å². The third-order valence-electron chi connectivity index (χ3n) is 9.42. The highest BCUT2D eigenvalue weighted by Gasteiger charge is 2.77. The molecule has 5 aliphatic rings. The minimum Gasteiger partial charge on any atom is -0.393 e. The van der Waals surface area contributed by atoms with Crippen molar-refractivity contribution < 1.29 is 33.7 Å². The normalized spacial score (nSPS) is 52.6. The first-order chi connectivity index (χ1) is 14.4. The first-order valence-corrected chi connectivity index (χ1v) is 11.5. The van der Waals surface area contributed by atoms with Crippen LogP contribution in [-0.2, 0) is 19.1 Å². The smallest absolute Gasteiger partial charge is 0.193 e. The van der Waals surface area contributed by atoms with Gasteiger partial charge in [0.25, 0.3) is 0 Å². The van der Waals surface area contributed by atoms with E-state index in [0.717, 1.165) is 0 Å². The van der Waals surface area contributed by atoms with Gasteiger partial charge in [-0.25, -0.2) is 4.39 Å². The summed E-state index contributed by atoms with van der Waals surface area (Å²) in [5.41, 5.74) is -2.19. The van der Waals surface area contributed by atoms with Crippen molar-refractivity contribution in [2.75, 3.05) is 6.61 Å². The van der Waals surface area contributed by atoms with Gasteiger partial charge in [-0.05, 0) is 74.3 Å². The molecule has 172 valence electrons. The van der Waals surface area contributed by atoms with Crippen molar-refractivity contribution in [1.82, 2.24) is 0 Å². The molecule has 5 rings (SSSR count). The second-order valence-corrected chi connectivity index (χ2v) is 11.3. The van der Waals surface area contributed by atoms with Crippen molar-refractivity contribution in [2.45, 2.75) is 89.6 Å². The predicted molar refractivity (Wildman–Crippen MR) is 109 cm³/mol. The topological polar surface area (TPSA) is 93.1 Å². The molecule has 3 saturated carbocycles. The van der Waals surface area contributed by atoms with E-state index in [0.29, 0.717) is 31.3 Å². The van der Waals surface area contributed by atoms with E-state index < -0.39 is 53.0 Å². The molecular weight excluding hydrogens is 403 g/mol. The Morgan fingerprint density at radius 2 is 1.97 bits per heavy atom. The number of ether oxygens (including phenoxy) is 2. The molecule has 0 aromatic heterocycles. The molecule has 0 bridgehead atoms. The largest absolute Gasteiger partial charge is 0.393 e. The quantitative estimate of drug-likeness (QED) is 0.691. The van der Waals surface area contributed by atoms with Crippen LogP contribution in [0.5, 0.6) is 0 Å². The van der Waals surface area contributed by atoms with Gasteiger partial charge in [0.2, 0.25) is 0 Å². The summed E-state index contributed by atoms with van der Waals surface area (Å²) in [4.78, 5) is 25.2. The molecule has 7 heteroatoms. The van der Waals surface area contributed by atoms with E-state index in [1.807, 2.05) is 13.8 Å². The molecule has 0 spiro atoms. The standard InChI is InChI=1S/C24H33FO6/c1-21(2)30-19-9-14-13-8-16(25)15-7-12(27)5-6-22(15,3)20(13)17(28)10-23(14,4)24(19,31-21)18(29)11-26/h7,13-14,16-17,19-20,26,28H,5-6,8-11H2,1-4H3/t13-,14-,16-,17-,19?,20+,22-,23-,24+/m0/s1. The van der Waals surface area contributed by atoms with E-state index in [-0.39, 0.29) is 30.0 Å². The molecule has 0 aromatic rings. The summed E-state index contributed by atoms with van der Waals surface area (Å²) in [6.45, 7) is 6.78. The van der Waals surface area contributed by atoms with E-state index in [2.05, 4.69) is 0 Å². The minimum atomic E-state index is -1.35. The van der Waals surface area contributed by atoms with Crippen LogP contribution in [0.15, 0.2) is 11.6 Å². The first-order valence-electron chi connectivity index (χ1n) is 11.5. The molecular formula is C24H33FO6. The molecule has 1 heterocycles. The van der Waals surface area contributed by atoms with Crippen LogP contribution in [0.25, 0.3) is 0 Å². The number of carbonyl (C=O) groups excluding carboxylic acids is 2. The number of rotatable bonds is 2. The predicted octanol–water partition coefficient (Wildman–Crippen LogP) is 2.50. The van der Waals surface area contributed by atoms with Crippen molar-refractivity contribution >= 4 is 11.6 Å². The number of allylic oxidation sites excluding steroid dienone is 1. The molecule has 0 aromatic carbocycles. The zero-order valence-corrected chi connectivity index (χ0v) is 18.7. The fourth-order valence-corrected chi connectivity index (χ4v) is 8.41. The Balaban J connectivity index is 1.61. The second kappa shape index (κ2) is 6.46. The number of alkyl halides is 1. The summed E-state index contributed by atoms with van der Waals surface area (Å²) < 4.78 is 27.9. The Morgan fingerprint density at radius 3 is 2.65 bits per heavy atom. The average Bonchev–Trinajstić information content (AvgIpc) is 3.08. The number of fused-ring (bicyclic) bond motifs is 7. The van der Waals surface area contributed by atoms with Crippen LogP contribution in [0, 0.1) is 28.6 Å². The van der Waals surface area contributed by atoms with Gasteiger partial charge < -0.3 is 19.7 Å². The van der Waals surface area contributed by atoms with Crippen LogP contribution in [0.3, 0.4) is 0 Å². The molecule has 0 amide bonds. The summed E-state index contributed by atoms with van der Waals surface area (Å²) in [5, 5.41) is 21.3. The third-order valence-corrected chi connectivity index (χ3v) is 9.42. The summed E-state index contributed by atoms with van der Waals surface area (Å²) in [7, 11) is 0. The van der Waals surface area contributed by atoms with Gasteiger partial charge in [0.15, 0.2) is 23.0 Å². The molecule has 9 atom stereocenters. The fourth-order valence-electron chi connectivity index (χ4n) is 8.41. The van der Waals surface area contributed by atoms with Crippen LogP contribution < -0.4 is 0 Å². The lowest BCUT2D eigenvalue weighted by Gasteiger charge is -2.61. The van der Waals surface area contributed by atoms with E-state index in [4.69, 9.17) is 9.47 Å². The van der Waals surface area contributed by atoms with Gasteiger partial charge in [-0.3, -0.25) is 9.59 Å². The number of Topliss-reactive ketones (excluding diaryl/α,β-unsaturated/α-hetero) is 1. The van der Waals surface area contributed by atoms with Crippen LogP contribution in [0.4, 0.5) is 4.39 Å². The fraction of sp³-hybridized carbons (Fsp3) is 0.833. The Labute approximate surface area is 182 Å². The Morgan fingerprint density at radius 1 is 1.26 bits per heavy atom. The van der Waals surface area contributed by atoms with E-state index >= 15 is 4.39 Å². The lowest BCUT2D eigenvalue weighted by Crippen LogP contribution is -2.64. The van der Waals surface area contributed by atoms with E-state index in [1.165, 1.54) is 6.08 Å². The maximum Gasteiger partial charge on any atom is 0.193 e. The maximum atomic E-state index is 15.5. The van der Waals surface area contributed by atoms with Crippen molar-refractivity contribution in [3.05, 3.63) is 11.6 Å². The maximum absolute atomic E-state index is 15.5. The van der Waals surface area contributed by atoms with Gasteiger partial charge in [-0.15, -0.1) is 0 Å². The SMILES string of the molecule is CC1(C)OC2C[C@H]3[C@@H]4C[C@H](F)C5=CC(=O)CC[C@]5(C)[C@H]4[C@@H](O)C[C@]3(C)[C@]2(C(=O)CO)O1. The highest BCUT2D eigenvalue weighted by atomic mass is 19.1. The van der Waals surface area contributed by atoms with Crippen molar-refractivity contribution in [1.29, 1.82) is 0 Å². The van der Waals surface area contributed by atoms with Crippen LogP contribution >= 0.6 is 0 Å². The monoisotopic (exact) mass is 436 g/mol. The van der Waals surface area contributed by atoms with Gasteiger partial charge in [0, 0.05) is 11.8 Å². The molecule has 4 aliphatic carbocycles. The molecule has 1 aliphatic heterocycles. The zero-order valence-electron chi connectivity index (χ0n) is 18.7. The van der Waals surface area contributed by atoms with Gasteiger partial charge >= 0.3 is 0 Å². The number of ketones is 2. The number of carbonyl (C=O) groups is 2. The van der Waals surface area contributed by atoms with Crippen LogP contribution in [0.1, 0.15) is 59.8 Å². The van der Waals surface area contributed by atoms with E-state index in [9.17, 15) is 19.8 Å². The van der Waals surface area contributed by atoms with Crippen molar-refractivity contribution in [3.8, 4) is 0 Å². The number of hydrogen-bond donors (Lipinski definition) is 2. The summed E-state index contributed by atoms with van der Waals surface area (Å²) in [5.74, 6) is -1.90. The molecule has 4 fully saturated rings. The zero-order chi connectivity index (χ0) is 22.6. The van der Waals surface area contributed by atoms with Gasteiger partial charge in [-0.1, -0.05) is 13.8 Å². The summed E-state index contributed by atoms with van der Waals surface area (Å²) in [6, 6.07) is 0.